The minimum absolute atomic E-state index is 0.0591. The molecule has 0 aromatic carbocycles. The van der Waals surface area contributed by atoms with Gasteiger partial charge in [-0.1, -0.05) is 6.07 Å². The highest BCUT2D eigenvalue weighted by atomic mass is 32.2. The zero-order valence-electron chi connectivity index (χ0n) is 14.1. The molecule has 0 N–H and O–H groups in total. The van der Waals surface area contributed by atoms with Crippen LogP contribution >= 0.6 is 0 Å². The SMILES string of the molecule is Cc1cccc(-c2nccn2[C@@H]2COC[C@@H]2CS(=O)(=O)N(C)C)n1. The number of hydrogen-bond acceptors (Lipinski definition) is 5. The monoisotopic (exact) mass is 350 g/mol. The van der Waals surface area contributed by atoms with Crippen LogP contribution in [0.4, 0.5) is 0 Å². The number of aryl methyl sites for hydroxylation is 1. The van der Waals surface area contributed by atoms with Crippen molar-refractivity contribution in [2.75, 3.05) is 33.1 Å². The van der Waals surface area contributed by atoms with E-state index in [1.165, 1.54) is 4.31 Å². The van der Waals surface area contributed by atoms with E-state index in [1.54, 1.807) is 20.3 Å². The summed E-state index contributed by atoms with van der Waals surface area (Å²) in [6, 6.07) is 5.71. The van der Waals surface area contributed by atoms with Crippen LogP contribution in [0.1, 0.15) is 11.7 Å². The fourth-order valence-corrected chi connectivity index (χ4v) is 4.08. The van der Waals surface area contributed by atoms with Gasteiger partial charge in [-0.15, -0.1) is 0 Å². The highest BCUT2D eigenvalue weighted by Crippen LogP contribution is 2.31. The Kier molecular flexibility index (Phi) is 4.71. The molecule has 0 unspecified atom stereocenters. The van der Waals surface area contributed by atoms with Crippen LogP contribution in [0.3, 0.4) is 0 Å². The summed E-state index contributed by atoms with van der Waals surface area (Å²) >= 11 is 0. The molecule has 7 nitrogen and oxygen atoms in total. The van der Waals surface area contributed by atoms with Gasteiger partial charge in [-0.2, -0.15) is 0 Å². The Morgan fingerprint density at radius 1 is 1.33 bits per heavy atom. The van der Waals surface area contributed by atoms with Crippen molar-refractivity contribution >= 4 is 10.0 Å². The molecule has 3 heterocycles. The molecule has 1 aliphatic heterocycles. The highest BCUT2D eigenvalue weighted by molar-refractivity contribution is 7.89. The van der Waals surface area contributed by atoms with E-state index >= 15 is 0 Å². The predicted octanol–water partition coefficient (Wildman–Crippen LogP) is 1.33. The Hall–Kier alpha value is -1.77. The van der Waals surface area contributed by atoms with Gasteiger partial charge in [-0.25, -0.2) is 22.7 Å². The van der Waals surface area contributed by atoms with E-state index in [0.29, 0.717) is 13.2 Å². The summed E-state index contributed by atoms with van der Waals surface area (Å²) in [4.78, 5) is 8.95. The van der Waals surface area contributed by atoms with E-state index < -0.39 is 10.0 Å². The van der Waals surface area contributed by atoms with Crippen molar-refractivity contribution in [3.8, 4) is 11.5 Å². The third-order valence-corrected chi connectivity index (χ3v) is 6.25. The normalized spacial score (nSPS) is 21.5. The van der Waals surface area contributed by atoms with E-state index in [-0.39, 0.29) is 17.7 Å². The summed E-state index contributed by atoms with van der Waals surface area (Å²) in [5.41, 5.74) is 1.69. The van der Waals surface area contributed by atoms with Crippen molar-refractivity contribution in [3.05, 3.63) is 36.3 Å². The number of hydrogen-bond donors (Lipinski definition) is 0. The van der Waals surface area contributed by atoms with Crippen LogP contribution in [0.2, 0.25) is 0 Å². The Labute approximate surface area is 142 Å². The van der Waals surface area contributed by atoms with Crippen LogP contribution in [0, 0.1) is 12.8 Å². The van der Waals surface area contributed by atoms with Gasteiger partial charge in [0.2, 0.25) is 10.0 Å². The fraction of sp³-hybridized carbons (Fsp3) is 0.500. The van der Waals surface area contributed by atoms with Gasteiger partial charge in [0.25, 0.3) is 0 Å². The van der Waals surface area contributed by atoms with E-state index in [1.807, 2.05) is 35.9 Å². The third kappa shape index (κ3) is 3.35. The van der Waals surface area contributed by atoms with Crippen LogP contribution in [0.15, 0.2) is 30.6 Å². The molecule has 1 aliphatic rings. The zero-order chi connectivity index (χ0) is 17.3. The smallest absolute Gasteiger partial charge is 0.214 e. The second kappa shape index (κ2) is 6.62. The molecule has 2 atom stereocenters. The molecule has 0 radical (unpaired) electrons. The number of nitrogens with zero attached hydrogens (tertiary/aromatic N) is 4. The summed E-state index contributed by atoms with van der Waals surface area (Å²) < 4.78 is 33.3. The van der Waals surface area contributed by atoms with Gasteiger partial charge in [0.15, 0.2) is 5.82 Å². The molecule has 130 valence electrons. The van der Waals surface area contributed by atoms with E-state index in [2.05, 4.69) is 9.97 Å². The van der Waals surface area contributed by atoms with Crippen molar-refractivity contribution in [2.45, 2.75) is 13.0 Å². The number of ether oxygens (including phenoxy) is 1. The molecule has 0 bridgehead atoms. The summed E-state index contributed by atoms with van der Waals surface area (Å²) in [5.74, 6) is 0.681. The van der Waals surface area contributed by atoms with Crippen molar-refractivity contribution < 1.29 is 13.2 Å². The van der Waals surface area contributed by atoms with Gasteiger partial charge in [-0.3, -0.25) is 0 Å². The highest BCUT2D eigenvalue weighted by Gasteiger charge is 2.35. The molecule has 1 saturated heterocycles. The first-order valence-electron chi connectivity index (χ1n) is 7.83. The van der Waals surface area contributed by atoms with Crippen molar-refractivity contribution in [1.29, 1.82) is 0 Å². The Balaban J connectivity index is 1.91. The van der Waals surface area contributed by atoms with Crippen molar-refractivity contribution in [3.63, 3.8) is 0 Å². The molecule has 2 aromatic heterocycles. The molecule has 0 amide bonds. The molecular formula is C16H22N4O3S. The van der Waals surface area contributed by atoms with Crippen molar-refractivity contribution in [2.24, 2.45) is 5.92 Å². The van der Waals surface area contributed by atoms with Gasteiger partial charge in [-0.05, 0) is 19.1 Å². The summed E-state index contributed by atoms with van der Waals surface area (Å²) in [6.07, 6.45) is 3.59. The number of imidazole rings is 1. The number of rotatable bonds is 5. The van der Waals surface area contributed by atoms with Crippen LogP contribution in [-0.4, -0.2) is 60.3 Å². The molecule has 0 saturated carbocycles. The third-order valence-electron chi connectivity index (χ3n) is 4.29. The minimum atomic E-state index is -3.29. The molecule has 0 aliphatic carbocycles. The fourth-order valence-electron chi connectivity index (χ4n) is 2.92. The van der Waals surface area contributed by atoms with Gasteiger partial charge in [0, 0.05) is 38.1 Å². The zero-order valence-corrected chi connectivity index (χ0v) is 14.9. The Morgan fingerprint density at radius 2 is 2.12 bits per heavy atom. The lowest BCUT2D eigenvalue weighted by molar-refractivity contribution is 0.182. The van der Waals surface area contributed by atoms with Crippen LogP contribution in [0.25, 0.3) is 11.5 Å². The standard InChI is InChI=1S/C16H22N4O3S/c1-12-5-4-6-14(18-12)16-17-7-8-20(16)15-10-23-9-13(15)11-24(21,22)19(2)3/h4-8,13,15H,9-11H2,1-3H3/t13-,15-/m1/s1. The second-order valence-corrected chi connectivity index (χ2v) is 8.48. The molecule has 24 heavy (non-hydrogen) atoms. The summed E-state index contributed by atoms with van der Waals surface area (Å²) in [6.45, 7) is 2.83. The average molecular weight is 350 g/mol. The van der Waals surface area contributed by atoms with E-state index in [9.17, 15) is 8.42 Å². The van der Waals surface area contributed by atoms with Crippen LogP contribution in [0.5, 0.6) is 0 Å². The first kappa shape index (κ1) is 17.1. The van der Waals surface area contributed by atoms with Gasteiger partial charge >= 0.3 is 0 Å². The lowest BCUT2D eigenvalue weighted by Gasteiger charge is -2.22. The first-order valence-corrected chi connectivity index (χ1v) is 9.44. The minimum Gasteiger partial charge on any atom is -0.379 e. The molecule has 3 rings (SSSR count). The first-order chi connectivity index (χ1) is 11.4. The molecular weight excluding hydrogens is 328 g/mol. The Bertz CT molecular complexity index is 816. The maximum absolute atomic E-state index is 12.2. The number of sulfonamides is 1. The van der Waals surface area contributed by atoms with Gasteiger partial charge < -0.3 is 9.30 Å². The summed E-state index contributed by atoms with van der Waals surface area (Å²) in [7, 11) is -0.176. The predicted molar refractivity (Wildman–Crippen MR) is 91.0 cm³/mol. The van der Waals surface area contributed by atoms with Crippen LogP contribution in [-0.2, 0) is 14.8 Å². The number of pyridine rings is 1. The van der Waals surface area contributed by atoms with E-state index in [4.69, 9.17) is 4.74 Å². The van der Waals surface area contributed by atoms with Crippen LogP contribution < -0.4 is 0 Å². The lowest BCUT2D eigenvalue weighted by atomic mass is 10.1. The number of aromatic nitrogens is 3. The Morgan fingerprint density at radius 3 is 2.83 bits per heavy atom. The molecule has 8 heteroatoms. The topological polar surface area (TPSA) is 77.3 Å². The molecule has 1 fully saturated rings. The maximum atomic E-state index is 12.2. The molecule has 2 aromatic rings. The molecule has 0 spiro atoms. The largest absolute Gasteiger partial charge is 0.379 e. The van der Waals surface area contributed by atoms with Gasteiger partial charge in [0.05, 0.1) is 25.0 Å². The lowest BCUT2D eigenvalue weighted by Crippen LogP contribution is -2.32. The van der Waals surface area contributed by atoms with Crippen molar-refractivity contribution in [1.82, 2.24) is 18.8 Å². The summed E-state index contributed by atoms with van der Waals surface area (Å²) in [5, 5.41) is 0. The maximum Gasteiger partial charge on any atom is 0.214 e. The van der Waals surface area contributed by atoms with Gasteiger partial charge in [0.1, 0.15) is 5.69 Å². The quantitative estimate of drug-likeness (QED) is 0.813. The van der Waals surface area contributed by atoms with E-state index in [0.717, 1.165) is 17.2 Å². The second-order valence-electron chi connectivity index (χ2n) is 6.25. The average Bonchev–Trinajstić information content (AvgIpc) is 3.15.